The molecule has 2 unspecified atom stereocenters. The normalized spacial score (nSPS) is 26.0. The van der Waals surface area contributed by atoms with Gasteiger partial charge in [0.15, 0.2) is 5.96 Å². The number of rotatable bonds is 8. The molecule has 2 aliphatic rings. The number of hydrogen-bond donors (Lipinski definition) is 2. The summed E-state index contributed by atoms with van der Waals surface area (Å²) in [5, 5.41) is 6.53. The van der Waals surface area contributed by atoms with E-state index in [1.807, 2.05) is 0 Å². The Hall–Kier alpha value is -0.900. The molecule has 2 N–H and O–H groups in total. The Morgan fingerprint density at radius 3 is 2.83 bits per heavy atom. The zero-order chi connectivity index (χ0) is 17.4. The first-order chi connectivity index (χ1) is 11.5. The van der Waals surface area contributed by atoms with Crippen molar-refractivity contribution in [3.63, 3.8) is 0 Å². The van der Waals surface area contributed by atoms with Crippen molar-refractivity contribution in [2.75, 3.05) is 59.3 Å². The highest BCUT2D eigenvalue weighted by Crippen LogP contribution is 2.17. The Labute approximate surface area is 145 Å². The second kappa shape index (κ2) is 9.55. The van der Waals surface area contributed by atoms with E-state index in [9.17, 15) is 8.42 Å². The number of sulfonamides is 1. The molecule has 0 aromatic heterocycles. The van der Waals surface area contributed by atoms with Gasteiger partial charge in [0.05, 0.1) is 19.0 Å². The maximum Gasteiger partial charge on any atom is 0.211 e. The minimum Gasteiger partial charge on any atom is -0.379 e. The van der Waals surface area contributed by atoms with Gasteiger partial charge >= 0.3 is 0 Å². The van der Waals surface area contributed by atoms with Crippen molar-refractivity contribution < 1.29 is 17.9 Å². The second-order valence-electron chi connectivity index (χ2n) is 6.37. The number of nitrogens with one attached hydrogen (secondary N) is 2. The quantitative estimate of drug-likeness (QED) is 0.348. The fourth-order valence-electron chi connectivity index (χ4n) is 2.90. The fourth-order valence-corrected chi connectivity index (χ4v) is 3.82. The summed E-state index contributed by atoms with van der Waals surface area (Å²) in [4.78, 5) is 4.19. The van der Waals surface area contributed by atoms with Gasteiger partial charge in [0.1, 0.15) is 0 Å². The van der Waals surface area contributed by atoms with Crippen LogP contribution in [-0.2, 0) is 19.5 Å². The lowest BCUT2D eigenvalue weighted by Crippen LogP contribution is -2.41. The van der Waals surface area contributed by atoms with Gasteiger partial charge in [-0.05, 0) is 25.2 Å². The zero-order valence-corrected chi connectivity index (χ0v) is 15.5. The minimum absolute atomic E-state index is 0.252. The molecule has 0 saturated carbocycles. The molecule has 140 valence electrons. The van der Waals surface area contributed by atoms with E-state index < -0.39 is 10.0 Å². The highest BCUT2D eigenvalue weighted by Gasteiger charge is 2.28. The molecule has 2 aliphatic heterocycles. The smallest absolute Gasteiger partial charge is 0.211 e. The molecule has 0 aromatic carbocycles. The lowest BCUT2D eigenvalue weighted by molar-refractivity contribution is 0.0420. The van der Waals surface area contributed by atoms with Crippen LogP contribution in [0.3, 0.4) is 0 Å². The fraction of sp³-hybridized carbons (Fsp3) is 0.933. The summed E-state index contributed by atoms with van der Waals surface area (Å²) in [6.07, 6.45) is 4.30. The Bertz CT molecular complexity index is 506. The molecule has 8 nitrogen and oxygen atoms in total. The van der Waals surface area contributed by atoms with Crippen molar-refractivity contribution >= 4 is 16.0 Å². The molecular weight excluding hydrogens is 332 g/mol. The summed E-state index contributed by atoms with van der Waals surface area (Å²) in [5.41, 5.74) is 0. The van der Waals surface area contributed by atoms with Gasteiger partial charge in [0, 0.05) is 46.4 Å². The first-order valence-corrected chi connectivity index (χ1v) is 10.4. The number of ether oxygens (including phenoxy) is 2. The summed E-state index contributed by atoms with van der Waals surface area (Å²) in [6.45, 7) is 4.93. The Morgan fingerprint density at radius 2 is 2.21 bits per heavy atom. The lowest BCUT2D eigenvalue weighted by atomic mass is 10.1. The molecule has 0 bridgehead atoms. The molecular formula is C15H30N4O4S. The van der Waals surface area contributed by atoms with E-state index in [4.69, 9.17) is 9.47 Å². The topological polar surface area (TPSA) is 92.3 Å². The molecule has 0 aromatic rings. The summed E-state index contributed by atoms with van der Waals surface area (Å²) < 4.78 is 35.6. The van der Waals surface area contributed by atoms with Gasteiger partial charge in [-0.1, -0.05) is 0 Å². The first-order valence-electron chi connectivity index (χ1n) is 8.58. The Kier molecular flexibility index (Phi) is 7.73. The highest BCUT2D eigenvalue weighted by atomic mass is 32.2. The molecule has 0 radical (unpaired) electrons. The van der Waals surface area contributed by atoms with Crippen LogP contribution >= 0.6 is 0 Å². The zero-order valence-electron chi connectivity index (χ0n) is 14.7. The van der Waals surface area contributed by atoms with Gasteiger partial charge in [0.2, 0.25) is 10.0 Å². The molecule has 2 fully saturated rings. The monoisotopic (exact) mass is 362 g/mol. The minimum atomic E-state index is -3.07. The first kappa shape index (κ1) is 19.4. The summed E-state index contributed by atoms with van der Waals surface area (Å²) in [5.74, 6) is 1.07. The summed E-state index contributed by atoms with van der Waals surface area (Å²) in [6, 6.07) is 0. The predicted octanol–water partition coefficient (Wildman–Crippen LogP) is -0.371. The number of guanidine groups is 1. The van der Waals surface area contributed by atoms with Gasteiger partial charge in [-0.25, -0.2) is 12.7 Å². The average Bonchev–Trinajstić information content (AvgIpc) is 3.20. The highest BCUT2D eigenvalue weighted by molar-refractivity contribution is 7.88. The van der Waals surface area contributed by atoms with Crippen molar-refractivity contribution in [2.24, 2.45) is 10.9 Å². The summed E-state index contributed by atoms with van der Waals surface area (Å²) in [7, 11) is -1.34. The third-order valence-electron chi connectivity index (χ3n) is 4.35. The lowest BCUT2D eigenvalue weighted by Gasteiger charge is -2.16. The van der Waals surface area contributed by atoms with E-state index in [1.165, 1.54) is 6.26 Å². The van der Waals surface area contributed by atoms with Crippen LogP contribution in [0.5, 0.6) is 0 Å². The van der Waals surface area contributed by atoms with E-state index in [-0.39, 0.29) is 6.10 Å². The van der Waals surface area contributed by atoms with Crippen LogP contribution in [0.25, 0.3) is 0 Å². The van der Waals surface area contributed by atoms with Gasteiger partial charge < -0.3 is 20.1 Å². The maximum absolute atomic E-state index is 11.5. The van der Waals surface area contributed by atoms with Crippen LogP contribution in [0.4, 0.5) is 0 Å². The summed E-state index contributed by atoms with van der Waals surface area (Å²) >= 11 is 0. The SMILES string of the molecule is CN=C(NCCCOC1CCOC1)NCC1CCN(S(C)(=O)=O)C1. The van der Waals surface area contributed by atoms with Gasteiger partial charge in [-0.2, -0.15) is 0 Å². The molecule has 2 atom stereocenters. The number of hydrogen-bond acceptors (Lipinski definition) is 5. The Balaban J connectivity index is 1.56. The Morgan fingerprint density at radius 1 is 1.38 bits per heavy atom. The number of aliphatic imine (C=N–C) groups is 1. The maximum atomic E-state index is 11.5. The van der Waals surface area contributed by atoms with Gasteiger partial charge in [-0.3, -0.25) is 4.99 Å². The second-order valence-corrected chi connectivity index (χ2v) is 8.35. The molecule has 2 heterocycles. The van der Waals surface area contributed by atoms with Crippen LogP contribution in [0.2, 0.25) is 0 Å². The van der Waals surface area contributed by atoms with Gasteiger partial charge in [-0.15, -0.1) is 0 Å². The van der Waals surface area contributed by atoms with E-state index in [0.29, 0.717) is 32.2 Å². The van der Waals surface area contributed by atoms with Crippen LogP contribution < -0.4 is 10.6 Å². The van der Waals surface area contributed by atoms with E-state index in [1.54, 1.807) is 11.4 Å². The van der Waals surface area contributed by atoms with Crippen molar-refractivity contribution in [1.82, 2.24) is 14.9 Å². The molecule has 0 aliphatic carbocycles. The van der Waals surface area contributed by atoms with E-state index in [2.05, 4.69) is 15.6 Å². The van der Waals surface area contributed by atoms with E-state index in [0.717, 1.165) is 44.9 Å². The van der Waals surface area contributed by atoms with Crippen molar-refractivity contribution in [3.05, 3.63) is 0 Å². The molecule has 24 heavy (non-hydrogen) atoms. The van der Waals surface area contributed by atoms with Crippen LogP contribution in [0.15, 0.2) is 4.99 Å². The van der Waals surface area contributed by atoms with E-state index >= 15 is 0 Å². The van der Waals surface area contributed by atoms with Crippen LogP contribution in [-0.4, -0.2) is 84.1 Å². The largest absolute Gasteiger partial charge is 0.379 e. The van der Waals surface area contributed by atoms with Crippen molar-refractivity contribution in [2.45, 2.75) is 25.4 Å². The average molecular weight is 362 g/mol. The molecule has 0 spiro atoms. The molecule has 0 amide bonds. The van der Waals surface area contributed by atoms with Crippen molar-refractivity contribution in [1.29, 1.82) is 0 Å². The third kappa shape index (κ3) is 6.54. The van der Waals surface area contributed by atoms with Crippen LogP contribution in [0, 0.1) is 5.92 Å². The molecule has 2 rings (SSSR count). The van der Waals surface area contributed by atoms with Crippen LogP contribution in [0.1, 0.15) is 19.3 Å². The van der Waals surface area contributed by atoms with Gasteiger partial charge in [0.25, 0.3) is 0 Å². The standard InChI is InChI=1S/C15H30N4O4S/c1-16-15(17-6-3-8-23-14-5-9-22-12-14)18-10-13-4-7-19(11-13)24(2,20)21/h13-14H,3-12H2,1-2H3,(H2,16,17,18). The molecule has 9 heteroatoms. The predicted molar refractivity (Wildman–Crippen MR) is 93.7 cm³/mol. The third-order valence-corrected chi connectivity index (χ3v) is 5.62. The molecule has 2 saturated heterocycles. The number of nitrogens with zero attached hydrogens (tertiary/aromatic N) is 2. The van der Waals surface area contributed by atoms with Crippen molar-refractivity contribution in [3.8, 4) is 0 Å².